The quantitative estimate of drug-likeness (QED) is 0.700. The fourth-order valence-electron chi connectivity index (χ4n) is 1.38. The Labute approximate surface area is 85.3 Å². The van der Waals surface area contributed by atoms with Crippen molar-refractivity contribution in [2.45, 2.75) is 6.42 Å². The van der Waals surface area contributed by atoms with Crippen molar-refractivity contribution in [3.05, 3.63) is 33.8 Å². The van der Waals surface area contributed by atoms with E-state index in [2.05, 4.69) is 39.4 Å². The Bertz CT molecular complexity index is 335. The molecule has 0 fully saturated rings. The highest BCUT2D eigenvalue weighted by Gasteiger charge is 2.12. The Kier molecular flexibility index (Phi) is 2.15. The fourth-order valence-corrected chi connectivity index (χ4v) is 2.04. The summed E-state index contributed by atoms with van der Waals surface area (Å²) in [5.41, 5.74) is 2.52. The zero-order valence-corrected chi connectivity index (χ0v) is 8.83. The van der Waals surface area contributed by atoms with E-state index in [1.807, 2.05) is 0 Å². The molecule has 0 bridgehead atoms. The Morgan fingerprint density at radius 1 is 1.42 bits per heavy atom. The molecule has 0 aromatic heterocycles. The molecule has 1 N–H and O–H groups in total. The third kappa shape index (κ3) is 1.39. The summed E-state index contributed by atoms with van der Waals surface area (Å²) < 4.78 is 1.09. The minimum atomic E-state index is 0.873. The summed E-state index contributed by atoms with van der Waals surface area (Å²) in [4.78, 5) is 0.873. The molecule has 0 saturated heterocycles. The van der Waals surface area contributed by atoms with Gasteiger partial charge in [0, 0.05) is 16.6 Å². The van der Waals surface area contributed by atoms with Gasteiger partial charge in [-0.15, -0.1) is 0 Å². The molecule has 1 aromatic rings. The lowest BCUT2D eigenvalue weighted by molar-refractivity contribution is 0.847. The third-order valence-electron chi connectivity index (χ3n) is 2.00. The van der Waals surface area contributed by atoms with Crippen LogP contribution in [-0.2, 0) is 6.42 Å². The van der Waals surface area contributed by atoms with E-state index >= 15 is 0 Å². The first-order valence-electron chi connectivity index (χ1n) is 3.84. The zero-order chi connectivity index (χ0) is 8.55. The predicted octanol–water partition coefficient (Wildman–Crippen LogP) is 2.27. The average Bonchev–Trinajstić information content (AvgIpc) is 2.07. The van der Waals surface area contributed by atoms with Gasteiger partial charge in [0.2, 0.25) is 0 Å². The molecule has 0 radical (unpaired) electrons. The molecule has 1 heterocycles. The monoisotopic (exact) mass is 241 g/mol. The smallest absolute Gasteiger partial charge is 0.106 e. The van der Waals surface area contributed by atoms with Crippen molar-refractivity contribution in [3.8, 4) is 0 Å². The molecule has 0 aliphatic carbocycles. The van der Waals surface area contributed by atoms with Gasteiger partial charge in [-0.1, -0.05) is 34.2 Å². The lowest BCUT2D eigenvalue weighted by Gasteiger charge is -2.18. The molecule has 1 aliphatic rings. The van der Waals surface area contributed by atoms with Crippen LogP contribution in [0.15, 0.2) is 22.7 Å². The van der Waals surface area contributed by atoms with E-state index in [0.29, 0.717) is 0 Å². The van der Waals surface area contributed by atoms with Crippen molar-refractivity contribution in [2.75, 3.05) is 6.54 Å². The highest BCUT2D eigenvalue weighted by atomic mass is 79.9. The molecule has 0 spiro atoms. The fraction of sp³-hybridized carbons (Fsp3) is 0.222. The normalized spacial score (nSPS) is 15.2. The SMILES string of the molecule is S=C1NCCc2ccc(Br)cc21. The molecule has 1 aliphatic heterocycles. The molecule has 0 atom stereocenters. The molecule has 1 aromatic carbocycles. The van der Waals surface area contributed by atoms with Crippen LogP contribution in [0.3, 0.4) is 0 Å². The molecule has 12 heavy (non-hydrogen) atoms. The summed E-state index contributed by atoms with van der Waals surface area (Å²) in [6.45, 7) is 0.966. The largest absolute Gasteiger partial charge is 0.375 e. The molecule has 0 unspecified atom stereocenters. The van der Waals surface area contributed by atoms with Crippen molar-refractivity contribution >= 4 is 33.1 Å². The minimum absolute atomic E-state index is 0.873. The maximum atomic E-state index is 5.19. The lowest BCUT2D eigenvalue weighted by Crippen LogP contribution is -2.30. The third-order valence-corrected chi connectivity index (χ3v) is 2.85. The van der Waals surface area contributed by atoms with Crippen LogP contribution in [0, 0.1) is 0 Å². The topological polar surface area (TPSA) is 12.0 Å². The minimum Gasteiger partial charge on any atom is -0.375 e. The van der Waals surface area contributed by atoms with Crippen molar-refractivity contribution in [1.82, 2.24) is 5.32 Å². The summed E-state index contributed by atoms with van der Waals surface area (Å²) >= 11 is 8.62. The second-order valence-corrected chi connectivity index (χ2v) is 4.13. The maximum absolute atomic E-state index is 5.19. The van der Waals surface area contributed by atoms with Crippen LogP contribution < -0.4 is 5.32 Å². The van der Waals surface area contributed by atoms with Gasteiger partial charge in [0.15, 0.2) is 0 Å². The van der Waals surface area contributed by atoms with Gasteiger partial charge < -0.3 is 5.32 Å². The predicted molar refractivity (Wildman–Crippen MR) is 57.5 cm³/mol. The van der Waals surface area contributed by atoms with Crippen LogP contribution >= 0.6 is 28.1 Å². The second kappa shape index (κ2) is 3.15. The van der Waals surface area contributed by atoms with Crippen molar-refractivity contribution in [2.24, 2.45) is 0 Å². The summed E-state index contributed by atoms with van der Waals surface area (Å²) in [6.07, 6.45) is 1.07. The van der Waals surface area contributed by atoms with Crippen LogP contribution in [-0.4, -0.2) is 11.5 Å². The van der Waals surface area contributed by atoms with E-state index in [9.17, 15) is 0 Å². The van der Waals surface area contributed by atoms with Crippen LogP contribution in [0.1, 0.15) is 11.1 Å². The van der Waals surface area contributed by atoms with E-state index in [0.717, 1.165) is 22.4 Å². The average molecular weight is 242 g/mol. The van der Waals surface area contributed by atoms with E-state index in [4.69, 9.17) is 12.2 Å². The summed E-state index contributed by atoms with van der Waals surface area (Å²) in [6, 6.07) is 6.27. The van der Waals surface area contributed by atoms with Gasteiger partial charge in [-0.2, -0.15) is 0 Å². The van der Waals surface area contributed by atoms with E-state index in [1.165, 1.54) is 11.1 Å². The molecular formula is C9H8BrNS. The van der Waals surface area contributed by atoms with Crippen molar-refractivity contribution in [3.63, 3.8) is 0 Å². The number of hydrogen-bond acceptors (Lipinski definition) is 1. The lowest BCUT2D eigenvalue weighted by atomic mass is 10.0. The summed E-state index contributed by atoms with van der Waals surface area (Å²) in [5.74, 6) is 0. The maximum Gasteiger partial charge on any atom is 0.106 e. The van der Waals surface area contributed by atoms with E-state index in [1.54, 1.807) is 0 Å². The number of rotatable bonds is 0. The highest BCUT2D eigenvalue weighted by Crippen LogP contribution is 2.19. The number of fused-ring (bicyclic) bond motifs is 1. The highest BCUT2D eigenvalue weighted by molar-refractivity contribution is 9.10. The Morgan fingerprint density at radius 3 is 3.08 bits per heavy atom. The molecule has 0 saturated carbocycles. The Balaban J connectivity index is 2.54. The van der Waals surface area contributed by atoms with Gasteiger partial charge in [-0.3, -0.25) is 0 Å². The van der Waals surface area contributed by atoms with Crippen LogP contribution in [0.4, 0.5) is 0 Å². The second-order valence-electron chi connectivity index (χ2n) is 2.81. The number of thiocarbonyl (C=S) groups is 1. The molecule has 62 valence electrons. The van der Waals surface area contributed by atoms with E-state index < -0.39 is 0 Å². The van der Waals surface area contributed by atoms with Crippen LogP contribution in [0.5, 0.6) is 0 Å². The standard InChI is InChI=1S/C9H8BrNS/c10-7-2-1-6-3-4-11-9(12)8(6)5-7/h1-2,5H,3-4H2,(H,11,12). The van der Waals surface area contributed by atoms with Gasteiger partial charge >= 0.3 is 0 Å². The number of nitrogens with one attached hydrogen (secondary N) is 1. The van der Waals surface area contributed by atoms with E-state index in [-0.39, 0.29) is 0 Å². The first-order chi connectivity index (χ1) is 5.77. The number of hydrogen-bond donors (Lipinski definition) is 1. The Morgan fingerprint density at radius 2 is 2.25 bits per heavy atom. The molecule has 0 amide bonds. The first-order valence-corrected chi connectivity index (χ1v) is 5.04. The van der Waals surface area contributed by atoms with Crippen molar-refractivity contribution in [1.29, 1.82) is 0 Å². The van der Waals surface area contributed by atoms with Crippen LogP contribution in [0.2, 0.25) is 0 Å². The summed E-state index contributed by atoms with van der Waals surface area (Å²) in [7, 11) is 0. The van der Waals surface area contributed by atoms with Gasteiger partial charge in [-0.25, -0.2) is 0 Å². The molecule has 1 nitrogen and oxygen atoms in total. The van der Waals surface area contributed by atoms with Gasteiger partial charge in [0.25, 0.3) is 0 Å². The number of halogens is 1. The molecular weight excluding hydrogens is 234 g/mol. The van der Waals surface area contributed by atoms with Crippen LogP contribution in [0.25, 0.3) is 0 Å². The number of benzene rings is 1. The van der Waals surface area contributed by atoms with Gasteiger partial charge in [-0.05, 0) is 24.1 Å². The van der Waals surface area contributed by atoms with Gasteiger partial charge in [0.1, 0.15) is 4.99 Å². The molecule has 2 rings (SSSR count). The van der Waals surface area contributed by atoms with Gasteiger partial charge in [0.05, 0.1) is 0 Å². The Hall–Kier alpha value is -0.410. The first kappa shape index (κ1) is 8.20. The molecule has 3 heteroatoms. The zero-order valence-electron chi connectivity index (χ0n) is 6.43. The summed E-state index contributed by atoms with van der Waals surface area (Å²) in [5, 5.41) is 3.18. The van der Waals surface area contributed by atoms with Crippen molar-refractivity contribution < 1.29 is 0 Å².